The highest BCUT2D eigenvalue weighted by molar-refractivity contribution is 8.04. The molecule has 96 valence electrons. The fourth-order valence-corrected chi connectivity index (χ4v) is 3.14. The molecule has 0 heterocycles. The molecule has 0 saturated heterocycles. The first-order valence-corrected chi connectivity index (χ1v) is 7.27. The summed E-state index contributed by atoms with van der Waals surface area (Å²) in [5.41, 5.74) is -5.33. The van der Waals surface area contributed by atoms with Crippen LogP contribution in [0.5, 0.6) is 0 Å². The Morgan fingerprint density at radius 2 is 1.75 bits per heavy atom. The van der Waals surface area contributed by atoms with E-state index in [1.54, 1.807) is 0 Å². The van der Waals surface area contributed by atoms with Crippen molar-refractivity contribution >= 4 is 22.2 Å². The Kier molecular flexibility index (Phi) is 4.93. The van der Waals surface area contributed by atoms with Crippen molar-refractivity contribution in [1.29, 1.82) is 0 Å². The summed E-state index contributed by atoms with van der Waals surface area (Å²) in [6.45, 7) is 0. The molecule has 1 fully saturated rings. The largest absolute Gasteiger partial charge is 0.524 e. The van der Waals surface area contributed by atoms with Gasteiger partial charge in [-0.1, -0.05) is 19.3 Å². The second kappa shape index (κ2) is 5.59. The molecule has 0 atom stereocenters. The lowest BCUT2D eigenvalue weighted by molar-refractivity contribution is -0.0494. The van der Waals surface area contributed by atoms with E-state index < -0.39 is 15.6 Å². The van der Waals surface area contributed by atoms with Gasteiger partial charge in [0, 0.05) is 17.8 Å². The van der Waals surface area contributed by atoms with Crippen LogP contribution in [0.25, 0.3) is 0 Å². The van der Waals surface area contributed by atoms with E-state index in [0.717, 1.165) is 32.1 Å². The number of alkyl halides is 3. The molecule has 0 amide bonds. The van der Waals surface area contributed by atoms with Crippen molar-refractivity contribution in [3.63, 3.8) is 0 Å². The molecule has 0 spiro atoms. The molecule has 0 radical (unpaired) electrons. The maximum atomic E-state index is 11.9. The Balaban J connectivity index is 2.29. The maximum Gasteiger partial charge on any atom is 0.524 e. The zero-order valence-electron chi connectivity index (χ0n) is 8.50. The molecule has 0 unspecified atom stereocenters. The minimum absolute atomic E-state index is 0.266. The summed E-state index contributed by atoms with van der Waals surface area (Å²) >= 11 is 0.386. The zero-order chi connectivity index (χ0) is 12.2. The van der Waals surface area contributed by atoms with E-state index in [2.05, 4.69) is 3.63 Å². The Morgan fingerprint density at radius 3 is 2.25 bits per heavy atom. The third-order valence-electron chi connectivity index (χ3n) is 2.45. The first-order chi connectivity index (χ1) is 7.33. The van der Waals surface area contributed by atoms with Gasteiger partial charge >= 0.3 is 15.6 Å². The van der Waals surface area contributed by atoms with Gasteiger partial charge in [0.05, 0.1) is 0 Å². The highest BCUT2D eigenvalue weighted by Gasteiger charge is 2.47. The normalized spacial score (nSPS) is 19.9. The lowest BCUT2D eigenvalue weighted by Crippen LogP contribution is -2.24. The van der Waals surface area contributed by atoms with Gasteiger partial charge in [0.1, 0.15) is 0 Å². The molecule has 1 saturated carbocycles. The Hall–Kier alpha value is 0.0500. The molecular weight excluding hydrogens is 265 g/mol. The quantitative estimate of drug-likeness (QED) is 0.585. The number of halogens is 3. The van der Waals surface area contributed by atoms with Crippen LogP contribution in [0.4, 0.5) is 13.2 Å². The van der Waals surface area contributed by atoms with Gasteiger partial charge in [-0.05, 0) is 18.8 Å². The molecule has 3 nitrogen and oxygen atoms in total. The minimum Gasteiger partial charge on any atom is -0.191 e. The van der Waals surface area contributed by atoms with E-state index in [9.17, 15) is 21.6 Å². The van der Waals surface area contributed by atoms with Crippen molar-refractivity contribution in [3.05, 3.63) is 0 Å². The van der Waals surface area contributed by atoms with E-state index in [1.165, 1.54) is 0 Å². The molecule has 8 heteroatoms. The van der Waals surface area contributed by atoms with Crippen LogP contribution in [0.2, 0.25) is 0 Å². The highest BCUT2D eigenvalue weighted by Crippen LogP contribution is 2.31. The van der Waals surface area contributed by atoms with Crippen molar-refractivity contribution in [2.75, 3.05) is 5.75 Å². The fourth-order valence-electron chi connectivity index (χ4n) is 1.58. The summed E-state index contributed by atoms with van der Waals surface area (Å²) < 4.78 is 60.5. The zero-order valence-corrected chi connectivity index (χ0v) is 10.1. The van der Waals surface area contributed by atoms with Crippen LogP contribution in [-0.4, -0.2) is 19.7 Å². The van der Waals surface area contributed by atoms with Crippen molar-refractivity contribution < 1.29 is 25.2 Å². The number of hydrogen-bond acceptors (Lipinski definition) is 4. The number of rotatable bonds is 4. The predicted octanol–water partition coefficient (Wildman–Crippen LogP) is 3.08. The molecule has 1 rings (SSSR count). The second-order valence-corrected chi connectivity index (χ2v) is 6.24. The Labute approximate surface area is 97.1 Å². The van der Waals surface area contributed by atoms with E-state index in [-0.39, 0.29) is 5.92 Å². The molecule has 0 N–H and O–H groups in total. The number of hydrogen-bond donors (Lipinski definition) is 0. The average molecular weight is 278 g/mol. The molecule has 0 aromatic rings. The van der Waals surface area contributed by atoms with Gasteiger partial charge in [-0.3, -0.25) is 0 Å². The molecule has 0 aliphatic heterocycles. The van der Waals surface area contributed by atoms with Crippen LogP contribution in [0.15, 0.2) is 0 Å². The topological polar surface area (TPSA) is 43.4 Å². The van der Waals surface area contributed by atoms with Gasteiger partial charge in [0.2, 0.25) is 0 Å². The molecule has 0 bridgehead atoms. The van der Waals surface area contributed by atoms with Gasteiger partial charge in [-0.15, -0.1) is 0 Å². The molecule has 0 aromatic carbocycles. The third kappa shape index (κ3) is 4.14. The van der Waals surface area contributed by atoms with Gasteiger partial charge in [-0.25, -0.2) is 0 Å². The summed E-state index contributed by atoms with van der Waals surface area (Å²) in [6, 6.07) is 0. The van der Waals surface area contributed by atoms with E-state index in [4.69, 9.17) is 0 Å². The molecule has 1 aliphatic carbocycles. The van der Waals surface area contributed by atoms with Crippen LogP contribution < -0.4 is 0 Å². The van der Waals surface area contributed by atoms with Crippen molar-refractivity contribution in [2.24, 2.45) is 5.92 Å². The van der Waals surface area contributed by atoms with Crippen LogP contribution in [0.3, 0.4) is 0 Å². The van der Waals surface area contributed by atoms with Gasteiger partial charge in [0.15, 0.2) is 0 Å². The van der Waals surface area contributed by atoms with Gasteiger partial charge in [-0.2, -0.15) is 25.2 Å². The minimum atomic E-state index is -5.44. The molecule has 1 aliphatic rings. The van der Waals surface area contributed by atoms with E-state index >= 15 is 0 Å². The molecule has 16 heavy (non-hydrogen) atoms. The fraction of sp³-hybridized carbons (Fsp3) is 1.00. The van der Waals surface area contributed by atoms with Crippen molar-refractivity contribution in [2.45, 2.75) is 37.6 Å². The third-order valence-corrected chi connectivity index (χ3v) is 4.73. The summed E-state index contributed by atoms with van der Waals surface area (Å²) in [5, 5.41) is 0. The lowest BCUT2D eigenvalue weighted by atomic mass is 9.91. The molecule has 0 aromatic heterocycles. The van der Waals surface area contributed by atoms with Crippen LogP contribution in [0, 0.1) is 5.92 Å². The monoisotopic (exact) mass is 278 g/mol. The first-order valence-electron chi connectivity index (χ1n) is 4.95. The van der Waals surface area contributed by atoms with Crippen LogP contribution >= 0.6 is 12.0 Å². The van der Waals surface area contributed by atoms with Crippen LogP contribution in [0.1, 0.15) is 32.1 Å². The summed E-state index contributed by atoms with van der Waals surface area (Å²) in [6.07, 6.45) is 5.11. The van der Waals surface area contributed by atoms with E-state index in [1.807, 2.05) is 0 Å². The smallest absolute Gasteiger partial charge is 0.191 e. The first kappa shape index (κ1) is 14.1. The highest BCUT2D eigenvalue weighted by atomic mass is 32.3. The summed E-state index contributed by atoms with van der Waals surface area (Å²) in [7, 11) is -5.44. The lowest BCUT2D eigenvalue weighted by Gasteiger charge is -2.20. The van der Waals surface area contributed by atoms with Crippen molar-refractivity contribution in [3.8, 4) is 0 Å². The maximum absolute atomic E-state index is 11.9. The second-order valence-electron chi connectivity index (χ2n) is 3.76. The van der Waals surface area contributed by atoms with Gasteiger partial charge < -0.3 is 0 Å². The summed E-state index contributed by atoms with van der Waals surface area (Å²) in [5.74, 6) is 0.567. The Bertz CT molecular complexity index is 307. The van der Waals surface area contributed by atoms with Gasteiger partial charge in [0.25, 0.3) is 0 Å². The van der Waals surface area contributed by atoms with Crippen LogP contribution in [-0.2, 0) is 13.7 Å². The van der Waals surface area contributed by atoms with E-state index in [0.29, 0.717) is 17.8 Å². The van der Waals surface area contributed by atoms with Crippen molar-refractivity contribution in [1.82, 2.24) is 0 Å². The SMILES string of the molecule is O=S(=O)(OSCC1CCCCC1)C(F)(F)F. The summed E-state index contributed by atoms with van der Waals surface area (Å²) in [4.78, 5) is 0. The Morgan fingerprint density at radius 1 is 1.19 bits per heavy atom. The standard InChI is InChI=1S/C8H13F3O3S2/c9-8(10,11)16(12,13)14-15-6-7-4-2-1-3-5-7/h7H,1-6H2. The molecular formula is C8H13F3O3S2. The predicted molar refractivity (Wildman–Crippen MR) is 55.1 cm³/mol. The average Bonchev–Trinajstić information content (AvgIpc) is 2.17.